The Kier molecular flexibility index (Phi) is 9.66. The molecular weight excluding hydrogens is 344 g/mol. The number of hydrogen-bond donors (Lipinski definition) is 4. The third kappa shape index (κ3) is 8.02. The smallest absolute Gasteiger partial charge is 0.251 e. The summed E-state index contributed by atoms with van der Waals surface area (Å²) in [5.41, 5.74) is 4.82. The van der Waals surface area contributed by atoms with E-state index in [0.717, 1.165) is 11.1 Å². The van der Waals surface area contributed by atoms with E-state index in [1.54, 1.807) is 12.1 Å². The molecule has 0 saturated carbocycles. The Morgan fingerprint density at radius 1 is 1.15 bits per heavy atom. The Hall–Kier alpha value is -3.39. The fourth-order valence-electron chi connectivity index (χ4n) is 2.06. The van der Waals surface area contributed by atoms with Crippen LogP contribution in [-0.4, -0.2) is 24.5 Å². The highest BCUT2D eigenvalue weighted by molar-refractivity contribution is 5.98. The second-order valence-electron chi connectivity index (χ2n) is 5.72. The van der Waals surface area contributed by atoms with E-state index in [0.29, 0.717) is 18.0 Å². The Bertz CT molecular complexity index is 747. The van der Waals surface area contributed by atoms with Crippen LogP contribution in [0.2, 0.25) is 0 Å². The van der Waals surface area contributed by atoms with Gasteiger partial charge in [-0.05, 0) is 37.6 Å². The minimum absolute atomic E-state index is 0.00870. The van der Waals surface area contributed by atoms with Crippen LogP contribution in [0.1, 0.15) is 35.3 Å². The number of carbonyl (C=O) groups is 1. The summed E-state index contributed by atoms with van der Waals surface area (Å²) >= 11 is 0. The van der Waals surface area contributed by atoms with Gasteiger partial charge in [0.05, 0.1) is 0 Å². The minimum atomic E-state index is -0.00870. The third-order valence-electron chi connectivity index (χ3n) is 3.24. The summed E-state index contributed by atoms with van der Waals surface area (Å²) in [5.74, 6) is 10.8. The van der Waals surface area contributed by atoms with Gasteiger partial charge in [-0.3, -0.25) is 4.79 Å². The molecule has 2 aromatic rings. The van der Waals surface area contributed by atoms with Gasteiger partial charge >= 0.3 is 0 Å². The number of hydrazone groups is 1. The molecule has 8 heteroatoms. The van der Waals surface area contributed by atoms with Gasteiger partial charge in [-0.1, -0.05) is 36.4 Å². The van der Waals surface area contributed by atoms with Crippen molar-refractivity contribution in [1.82, 2.24) is 10.7 Å². The predicted molar refractivity (Wildman–Crippen MR) is 108 cm³/mol. The number of amides is 1. The maximum absolute atomic E-state index is 11.3. The molecule has 6 N–H and O–H groups in total. The zero-order chi connectivity index (χ0) is 20.1. The highest BCUT2D eigenvalue weighted by Gasteiger charge is 2.04. The van der Waals surface area contributed by atoms with Gasteiger partial charge in [0.2, 0.25) is 0 Å². The molecule has 0 bridgehead atoms. The number of amidine groups is 1. The normalized spacial score (nSPS) is 10.4. The molecule has 2 rings (SSSR count). The third-order valence-corrected chi connectivity index (χ3v) is 3.24. The monoisotopic (exact) mass is 370 g/mol. The van der Waals surface area contributed by atoms with E-state index in [4.69, 9.17) is 16.5 Å². The predicted octanol–water partition coefficient (Wildman–Crippen LogP) is 1.73. The standard InChI is InChI=1S/C10H13NO.C9H13N5O/c1-8(2)11-10(12)9-6-4-3-5-7-9;1-12-15-6-7-3-2-4-8(5-7)9(13-10)14-11/h3-8H,1-2H3,(H,11,12);2-5H,1,6,10-11H2,(H,13,14). The first kappa shape index (κ1) is 21.7. The molecule has 2 aromatic carbocycles. The summed E-state index contributed by atoms with van der Waals surface area (Å²) < 4.78 is 0. The van der Waals surface area contributed by atoms with Crippen molar-refractivity contribution in [1.29, 1.82) is 0 Å². The lowest BCUT2D eigenvalue weighted by Crippen LogP contribution is -2.32. The van der Waals surface area contributed by atoms with Crippen LogP contribution in [0, 0.1) is 0 Å². The molecule has 0 spiro atoms. The molecular formula is C19H26N6O2. The Labute approximate surface area is 159 Å². The molecule has 144 valence electrons. The van der Waals surface area contributed by atoms with Gasteiger partial charge in [-0.2, -0.15) is 5.10 Å². The number of benzene rings is 2. The van der Waals surface area contributed by atoms with Crippen molar-refractivity contribution in [2.24, 2.45) is 21.9 Å². The van der Waals surface area contributed by atoms with Crippen LogP contribution in [0.3, 0.4) is 0 Å². The fraction of sp³-hybridized carbons (Fsp3) is 0.211. The van der Waals surface area contributed by atoms with E-state index >= 15 is 0 Å². The van der Waals surface area contributed by atoms with E-state index in [2.05, 4.69) is 27.7 Å². The van der Waals surface area contributed by atoms with Gasteiger partial charge in [-0.15, -0.1) is 5.16 Å². The molecule has 1 amide bonds. The summed E-state index contributed by atoms with van der Waals surface area (Å²) in [6.07, 6.45) is 0. The van der Waals surface area contributed by atoms with Crippen LogP contribution in [0.4, 0.5) is 0 Å². The molecule has 0 aliphatic heterocycles. The summed E-state index contributed by atoms with van der Waals surface area (Å²) in [4.78, 5) is 16.2. The van der Waals surface area contributed by atoms with E-state index in [1.807, 2.05) is 56.3 Å². The van der Waals surface area contributed by atoms with Gasteiger partial charge in [-0.25, -0.2) is 5.84 Å². The number of carbonyl (C=O) groups excluding carboxylic acids is 1. The lowest BCUT2D eigenvalue weighted by atomic mass is 10.1. The van der Waals surface area contributed by atoms with Crippen LogP contribution in [0.25, 0.3) is 0 Å². The number of oxime groups is 1. The van der Waals surface area contributed by atoms with Crippen molar-refractivity contribution in [3.05, 3.63) is 71.3 Å². The van der Waals surface area contributed by atoms with Crippen molar-refractivity contribution in [3.63, 3.8) is 0 Å². The molecule has 8 nitrogen and oxygen atoms in total. The van der Waals surface area contributed by atoms with Gasteiger partial charge < -0.3 is 21.4 Å². The second kappa shape index (κ2) is 12.0. The molecule has 0 atom stereocenters. The molecule has 0 fully saturated rings. The summed E-state index contributed by atoms with van der Waals surface area (Å²) in [6.45, 7) is 7.45. The maximum atomic E-state index is 11.3. The van der Waals surface area contributed by atoms with Crippen LogP contribution < -0.4 is 22.4 Å². The molecule has 0 heterocycles. The number of nitrogens with zero attached hydrogens (tertiary/aromatic N) is 2. The number of nitrogens with two attached hydrogens (primary N) is 2. The van der Waals surface area contributed by atoms with Crippen molar-refractivity contribution < 1.29 is 9.63 Å². The number of hydrazine groups is 1. The Balaban J connectivity index is 0.000000277. The highest BCUT2D eigenvalue weighted by atomic mass is 16.6. The summed E-state index contributed by atoms with van der Waals surface area (Å²) in [6, 6.07) is 16.8. The lowest BCUT2D eigenvalue weighted by molar-refractivity contribution is 0.0943. The average molecular weight is 370 g/mol. The maximum Gasteiger partial charge on any atom is 0.251 e. The highest BCUT2D eigenvalue weighted by Crippen LogP contribution is 2.06. The molecule has 0 aliphatic carbocycles. The lowest BCUT2D eigenvalue weighted by Gasteiger charge is -2.07. The molecule has 27 heavy (non-hydrogen) atoms. The van der Waals surface area contributed by atoms with Crippen molar-refractivity contribution in [3.8, 4) is 0 Å². The van der Waals surface area contributed by atoms with Crippen molar-refractivity contribution >= 4 is 18.5 Å². The molecule has 0 aromatic heterocycles. The topological polar surface area (TPSA) is 127 Å². The SMILES string of the molecule is C=NOCc1cccc(/C(=N/N)NN)c1.CC(C)NC(=O)c1ccccc1. The second-order valence-corrected chi connectivity index (χ2v) is 5.72. The van der Waals surface area contributed by atoms with Gasteiger partial charge in [0.1, 0.15) is 6.61 Å². The largest absolute Gasteiger partial charge is 0.391 e. The molecule has 0 saturated heterocycles. The Morgan fingerprint density at radius 3 is 2.37 bits per heavy atom. The van der Waals surface area contributed by atoms with Crippen LogP contribution >= 0.6 is 0 Å². The van der Waals surface area contributed by atoms with E-state index in [-0.39, 0.29) is 11.9 Å². The first-order valence-corrected chi connectivity index (χ1v) is 8.29. The zero-order valence-corrected chi connectivity index (χ0v) is 15.6. The molecule has 0 unspecified atom stereocenters. The van der Waals surface area contributed by atoms with Crippen LogP contribution in [0.5, 0.6) is 0 Å². The van der Waals surface area contributed by atoms with Gasteiger partial charge in [0, 0.05) is 23.9 Å². The summed E-state index contributed by atoms with van der Waals surface area (Å²) in [7, 11) is 0. The molecule has 0 aliphatic rings. The van der Waals surface area contributed by atoms with Gasteiger partial charge in [0.25, 0.3) is 5.91 Å². The van der Waals surface area contributed by atoms with E-state index < -0.39 is 0 Å². The van der Waals surface area contributed by atoms with Gasteiger partial charge in [0.15, 0.2) is 5.84 Å². The van der Waals surface area contributed by atoms with Crippen LogP contribution in [0.15, 0.2) is 64.9 Å². The van der Waals surface area contributed by atoms with Crippen LogP contribution in [-0.2, 0) is 11.4 Å². The average Bonchev–Trinajstić information content (AvgIpc) is 2.68. The number of rotatable bonds is 6. The summed E-state index contributed by atoms with van der Waals surface area (Å²) in [5, 5.41) is 9.62. The van der Waals surface area contributed by atoms with Crippen molar-refractivity contribution in [2.75, 3.05) is 0 Å². The zero-order valence-electron chi connectivity index (χ0n) is 15.6. The minimum Gasteiger partial charge on any atom is -0.391 e. The van der Waals surface area contributed by atoms with E-state index in [9.17, 15) is 4.79 Å². The Morgan fingerprint density at radius 2 is 1.81 bits per heavy atom. The molecule has 0 radical (unpaired) electrons. The first-order chi connectivity index (χ1) is 13.0. The number of nitrogens with one attached hydrogen (secondary N) is 2. The fourth-order valence-corrected chi connectivity index (χ4v) is 2.06. The van der Waals surface area contributed by atoms with E-state index in [1.165, 1.54) is 0 Å². The van der Waals surface area contributed by atoms with Crippen molar-refractivity contribution in [2.45, 2.75) is 26.5 Å². The number of hydrogen-bond acceptors (Lipinski definition) is 6. The quantitative estimate of drug-likeness (QED) is 0.266. The first-order valence-electron chi connectivity index (χ1n) is 8.29.